The van der Waals surface area contributed by atoms with Crippen molar-refractivity contribution in [3.63, 3.8) is 0 Å². The number of hydrogen-bond acceptors (Lipinski definition) is 3. The Balaban J connectivity index is 1.74. The van der Waals surface area contributed by atoms with Crippen LogP contribution in [-0.2, 0) is 11.2 Å². The molecule has 1 aromatic carbocycles. The van der Waals surface area contributed by atoms with Crippen molar-refractivity contribution >= 4 is 23.2 Å². The Hall–Kier alpha value is -2.86. The average molecular weight is 397 g/mol. The lowest BCUT2D eigenvalue weighted by molar-refractivity contribution is -0.605. The zero-order valence-corrected chi connectivity index (χ0v) is 16.6. The van der Waals surface area contributed by atoms with E-state index in [0.29, 0.717) is 17.3 Å². The number of carbonyl (C=O) groups is 1. The molecule has 1 aliphatic heterocycles. The first-order chi connectivity index (χ1) is 13.4. The first-order valence-corrected chi connectivity index (χ1v) is 9.72. The van der Waals surface area contributed by atoms with Crippen LogP contribution >= 0.6 is 11.6 Å². The summed E-state index contributed by atoms with van der Waals surface area (Å²) in [5.74, 6) is 0.167. The van der Waals surface area contributed by atoms with E-state index < -0.39 is 0 Å². The van der Waals surface area contributed by atoms with Crippen molar-refractivity contribution < 1.29 is 9.52 Å². The van der Waals surface area contributed by atoms with E-state index in [2.05, 4.69) is 11.2 Å². The van der Waals surface area contributed by atoms with Gasteiger partial charge in [0, 0.05) is 41.9 Å². The maximum Gasteiger partial charge on any atom is 0.227 e. The van der Waals surface area contributed by atoms with Gasteiger partial charge in [-0.1, -0.05) is 11.6 Å². The molecule has 2 aromatic heterocycles. The fraction of sp³-hybridized carbons (Fsp3) is 0.286. The second-order valence-electron chi connectivity index (χ2n) is 7.23. The molecule has 28 heavy (non-hydrogen) atoms. The summed E-state index contributed by atoms with van der Waals surface area (Å²) in [6.45, 7) is 4.06. The van der Waals surface area contributed by atoms with E-state index in [4.69, 9.17) is 11.6 Å². The average Bonchev–Trinajstić information content (AvgIpc) is 2.96. The second kappa shape index (κ2) is 7.28. The number of rotatable bonds is 3. The summed E-state index contributed by atoms with van der Waals surface area (Å²) in [6, 6.07) is 11.3. The van der Waals surface area contributed by atoms with Gasteiger partial charge in [-0.3, -0.25) is 4.79 Å². The van der Waals surface area contributed by atoms with Crippen LogP contribution in [0.25, 0.3) is 16.9 Å². The summed E-state index contributed by atoms with van der Waals surface area (Å²) in [5.41, 5.74) is 4.45. The molecular weight excluding hydrogens is 376 g/mol. The smallest absolute Gasteiger partial charge is 0.227 e. The molecule has 7 heteroatoms. The van der Waals surface area contributed by atoms with Crippen molar-refractivity contribution in [1.29, 1.82) is 0 Å². The van der Waals surface area contributed by atoms with Crippen LogP contribution in [0.4, 0.5) is 5.69 Å². The van der Waals surface area contributed by atoms with Crippen LogP contribution in [0.15, 0.2) is 48.8 Å². The lowest BCUT2D eigenvalue weighted by Crippen LogP contribution is -2.36. The second-order valence-corrected chi connectivity index (χ2v) is 7.62. The Bertz CT molecular complexity index is 1030. The molecule has 0 fully saturated rings. The molecule has 0 saturated heterocycles. The van der Waals surface area contributed by atoms with E-state index in [0.717, 1.165) is 40.1 Å². The highest BCUT2D eigenvalue weighted by atomic mass is 35.5. The molecule has 3 heterocycles. The van der Waals surface area contributed by atoms with Crippen LogP contribution in [-0.4, -0.2) is 21.7 Å². The van der Waals surface area contributed by atoms with Crippen molar-refractivity contribution in [1.82, 2.24) is 9.78 Å². The molecule has 0 N–H and O–H groups in total. The summed E-state index contributed by atoms with van der Waals surface area (Å²) < 4.78 is 2.41. The largest absolute Gasteiger partial charge is 0.619 e. The third-order valence-corrected chi connectivity index (χ3v) is 5.22. The summed E-state index contributed by atoms with van der Waals surface area (Å²) in [4.78, 5) is 14.4. The number of anilines is 1. The molecule has 1 aliphatic rings. The number of hydrogen-bond donors (Lipinski definition) is 0. The maximum absolute atomic E-state index is 12.5. The predicted molar refractivity (Wildman–Crippen MR) is 109 cm³/mol. The Kier molecular flexibility index (Phi) is 4.81. The highest BCUT2D eigenvalue weighted by Crippen LogP contribution is 2.32. The van der Waals surface area contributed by atoms with Crippen molar-refractivity contribution in [3.05, 3.63) is 64.7 Å². The fourth-order valence-electron chi connectivity index (χ4n) is 3.65. The molecule has 0 spiro atoms. The normalized spacial score (nSPS) is 14.3. The predicted octanol–water partition coefficient (Wildman–Crippen LogP) is 3.90. The van der Waals surface area contributed by atoms with Crippen molar-refractivity contribution in [2.75, 3.05) is 4.90 Å². The number of carbonyl (C=O) groups excluding carboxylic acids is 1. The molecule has 0 radical (unpaired) electrons. The van der Waals surface area contributed by atoms with Gasteiger partial charge in [-0.2, -0.15) is 9.83 Å². The molecular formula is C21H21ClN4O2. The quantitative estimate of drug-likeness (QED) is 0.498. The van der Waals surface area contributed by atoms with Crippen LogP contribution in [0.3, 0.4) is 0 Å². The summed E-state index contributed by atoms with van der Waals surface area (Å²) in [5, 5.41) is 16.3. The van der Waals surface area contributed by atoms with Crippen LogP contribution in [0.2, 0.25) is 5.15 Å². The van der Waals surface area contributed by atoms with E-state index >= 15 is 0 Å². The summed E-state index contributed by atoms with van der Waals surface area (Å²) in [7, 11) is 0. The van der Waals surface area contributed by atoms with E-state index in [-0.39, 0.29) is 11.9 Å². The highest BCUT2D eigenvalue weighted by Gasteiger charge is 2.25. The zero-order valence-electron chi connectivity index (χ0n) is 15.8. The molecule has 0 atom stereocenters. The molecule has 144 valence electrons. The Morgan fingerprint density at radius 2 is 1.89 bits per heavy atom. The number of fused-ring (bicyclic) bond motifs is 1. The Labute approximate surface area is 168 Å². The molecule has 3 aromatic rings. The van der Waals surface area contributed by atoms with E-state index in [1.165, 1.54) is 12.4 Å². The third kappa shape index (κ3) is 3.36. The Morgan fingerprint density at radius 3 is 2.61 bits per heavy atom. The van der Waals surface area contributed by atoms with Gasteiger partial charge >= 0.3 is 0 Å². The molecule has 4 rings (SSSR count). The van der Waals surface area contributed by atoms with Crippen molar-refractivity contribution in [2.24, 2.45) is 0 Å². The molecule has 6 nitrogen and oxygen atoms in total. The van der Waals surface area contributed by atoms with Crippen LogP contribution in [0.1, 0.15) is 32.3 Å². The Morgan fingerprint density at radius 1 is 1.14 bits per heavy atom. The van der Waals surface area contributed by atoms with Crippen LogP contribution in [0, 0.1) is 5.21 Å². The fourth-order valence-corrected chi connectivity index (χ4v) is 3.89. The van der Waals surface area contributed by atoms with Gasteiger partial charge in [0.1, 0.15) is 5.15 Å². The number of nitrogens with zero attached hydrogens (tertiary/aromatic N) is 4. The first kappa shape index (κ1) is 18.5. The van der Waals surface area contributed by atoms with E-state index in [1.807, 2.05) is 30.9 Å². The lowest BCUT2D eigenvalue weighted by Gasteiger charge is -2.27. The van der Waals surface area contributed by atoms with Gasteiger partial charge in [-0.25, -0.2) is 4.68 Å². The van der Waals surface area contributed by atoms with Crippen LogP contribution in [0.5, 0.6) is 0 Å². The van der Waals surface area contributed by atoms with Gasteiger partial charge in [-0.05, 0) is 50.5 Å². The number of benzene rings is 1. The summed E-state index contributed by atoms with van der Waals surface area (Å²) >= 11 is 6.45. The van der Waals surface area contributed by atoms with Crippen molar-refractivity contribution in [3.8, 4) is 16.9 Å². The third-order valence-electron chi connectivity index (χ3n) is 4.95. The van der Waals surface area contributed by atoms with Gasteiger partial charge in [0.05, 0.1) is 11.4 Å². The number of pyridine rings is 1. The molecule has 1 amide bonds. The minimum absolute atomic E-state index is 0.108. The van der Waals surface area contributed by atoms with Gasteiger partial charge in [0.25, 0.3) is 0 Å². The van der Waals surface area contributed by atoms with Crippen LogP contribution < -0.4 is 9.63 Å². The van der Waals surface area contributed by atoms with Gasteiger partial charge < -0.3 is 10.1 Å². The molecule has 0 saturated carbocycles. The van der Waals surface area contributed by atoms with Gasteiger partial charge in [0.15, 0.2) is 12.4 Å². The molecule has 0 bridgehead atoms. The summed E-state index contributed by atoms with van der Waals surface area (Å²) in [6.07, 6.45) is 5.09. The number of aryl methyl sites for hydroxylation is 1. The monoisotopic (exact) mass is 396 g/mol. The minimum Gasteiger partial charge on any atom is -0.619 e. The highest BCUT2D eigenvalue weighted by molar-refractivity contribution is 6.30. The zero-order chi connectivity index (χ0) is 19.8. The number of amides is 1. The lowest BCUT2D eigenvalue weighted by atomic mass is 10.1. The first-order valence-electron chi connectivity index (χ1n) is 9.34. The van der Waals surface area contributed by atoms with Crippen molar-refractivity contribution in [2.45, 2.75) is 39.2 Å². The number of aromatic nitrogens is 3. The van der Waals surface area contributed by atoms with Gasteiger partial charge in [0.2, 0.25) is 5.91 Å². The van der Waals surface area contributed by atoms with E-state index in [1.54, 1.807) is 22.9 Å². The standard InChI is InChI=1S/C21H21ClN4O2/c1-14(2)25-19-7-6-17(12-16(19)4-3-5-21(25)27)26-20(22)13-18(23-26)15-8-10-24(28)11-9-15/h6-14H,3-5H2,1-2H3. The van der Waals surface area contributed by atoms with E-state index in [9.17, 15) is 10.0 Å². The molecule has 0 aliphatic carbocycles. The minimum atomic E-state index is 0.108. The molecule has 0 unspecified atom stereocenters. The maximum atomic E-state index is 12.5. The number of halogens is 1. The topological polar surface area (TPSA) is 65.1 Å². The SMILES string of the molecule is CC(C)N1C(=O)CCCc2cc(-n3nc(-c4cc[n+]([O-])cc4)cc3Cl)ccc21. The van der Waals surface area contributed by atoms with Gasteiger partial charge in [-0.15, -0.1) is 0 Å².